The van der Waals surface area contributed by atoms with Crippen molar-refractivity contribution < 1.29 is 8.42 Å². The van der Waals surface area contributed by atoms with E-state index >= 15 is 0 Å². The van der Waals surface area contributed by atoms with Crippen LogP contribution >= 0.6 is 0 Å². The molecule has 0 aromatic heterocycles. The normalized spacial score (nSPS) is 24.6. The SMILES string of the molecule is CCCC(C#N)N1CCN(S(=O)(=O)N2CCCCC2)CC1. The number of nitrogens with zero attached hydrogens (tertiary/aromatic N) is 4. The van der Waals surface area contributed by atoms with Gasteiger partial charge in [0.05, 0.1) is 12.1 Å². The third kappa shape index (κ3) is 3.95. The van der Waals surface area contributed by atoms with Crippen LogP contribution < -0.4 is 0 Å². The molecule has 1 unspecified atom stereocenters. The number of piperazine rings is 1. The van der Waals surface area contributed by atoms with Crippen LogP contribution in [0.15, 0.2) is 0 Å². The van der Waals surface area contributed by atoms with Gasteiger partial charge in [-0.15, -0.1) is 0 Å². The van der Waals surface area contributed by atoms with Crippen molar-refractivity contribution in [1.29, 1.82) is 5.26 Å². The lowest BCUT2D eigenvalue weighted by atomic mass is 10.1. The minimum absolute atomic E-state index is 0.0742. The first-order chi connectivity index (χ1) is 10.1. The van der Waals surface area contributed by atoms with Crippen molar-refractivity contribution in [2.45, 2.75) is 45.1 Å². The van der Waals surface area contributed by atoms with Crippen LogP contribution in [0.3, 0.4) is 0 Å². The second kappa shape index (κ2) is 7.54. The van der Waals surface area contributed by atoms with Crippen molar-refractivity contribution in [1.82, 2.24) is 13.5 Å². The lowest BCUT2D eigenvalue weighted by Crippen LogP contribution is -2.55. The van der Waals surface area contributed by atoms with Gasteiger partial charge in [-0.1, -0.05) is 19.8 Å². The van der Waals surface area contributed by atoms with E-state index in [2.05, 4.69) is 17.9 Å². The van der Waals surface area contributed by atoms with Gasteiger partial charge in [0.1, 0.15) is 0 Å². The maximum Gasteiger partial charge on any atom is 0.282 e. The predicted octanol–water partition coefficient (Wildman–Crippen LogP) is 1.03. The maximum atomic E-state index is 12.6. The quantitative estimate of drug-likeness (QED) is 0.760. The van der Waals surface area contributed by atoms with Crippen molar-refractivity contribution >= 4 is 10.2 Å². The number of nitriles is 1. The van der Waals surface area contributed by atoms with Gasteiger partial charge in [-0.05, 0) is 19.3 Å². The van der Waals surface area contributed by atoms with E-state index < -0.39 is 10.2 Å². The molecule has 0 amide bonds. The Bertz CT molecular complexity index is 460. The average molecular weight is 314 g/mol. The largest absolute Gasteiger partial charge is 0.285 e. The Hall–Kier alpha value is -0.680. The summed E-state index contributed by atoms with van der Waals surface area (Å²) >= 11 is 0. The highest BCUT2D eigenvalue weighted by Crippen LogP contribution is 2.19. The summed E-state index contributed by atoms with van der Waals surface area (Å²) in [4.78, 5) is 2.12. The molecular weight excluding hydrogens is 288 g/mol. The summed E-state index contributed by atoms with van der Waals surface area (Å²) in [5, 5.41) is 9.21. The zero-order valence-electron chi connectivity index (χ0n) is 12.9. The van der Waals surface area contributed by atoms with E-state index in [9.17, 15) is 13.7 Å². The predicted molar refractivity (Wildman–Crippen MR) is 81.8 cm³/mol. The van der Waals surface area contributed by atoms with Crippen LogP contribution in [-0.2, 0) is 10.2 Å². The molecule has 0 aliphatic carbocycles. The van der Waals surface area contributed by atoms with E-state index in [1.165, 1.54) is 0 Å². The molecule has 0 radical (unpaired) electrons. The molecular formula is C14H26N4O2S. The maximum absolute atomic E-state index is 12.6. The summed E-state index contributed by atoms with van der Waals surface area (Å²) < 4.78 is 28.4. The standard InChI is InChI=1S/C14H26N4O2S/c1-2-6-14(13-15)16-9-11-18(12-10-16)21(19,20)17-7-4-3-5-8-17/h14H,2-12H2,1H3. The van der Waals surface area contributed by atoms with Crippen LogP contribution in [0, 0.1) is 11.3 Å². The second-order valence-corrected chi connectivity index (χ2v) is 7.76. The molecule has 2 rings (SSSR count). The summed E-state index contributed by atoms with van der Waals surface area (Å²) in [6.45, 7) is 5.69. The van der Waals surface area contributed by atoms with Gasteiger partial charge >= 0.3 is 0 Å². The molecule has 2 saturated heterocycles. The molecule has 7 heteroatoms. The third-order valence-electron chi connectivity index (χ3n) is 4.39. The van der Waals surface area contributed by atoms with E-state index in [1.54, 1.807) is 8.61 Å². The fourth-order valence-electron chi connectivity index (χ4n) is 3.11. The molecule has 2 heterocycles. The van der Waals surface area contributed by atoms with Gasteiger partial charge in [0.15, 0.2) is 0 Å². The van der Waals surface area contributed by atoms with Crippen molar-refractivity contribution in [2.75, 3.05) is 39.3 Å². The monoisotopic (exact) mass is 314 g/mol. The summed E-state index contributed by atoms with van der Waals surface area (Å²) in [6.07, 6.45) is 4.89. The molecule has 6 nitrogen and oxygen atoms in total. The highest BCUT2D eigenvalue weighted by Gasteiger charge is 2.34. The fraction of sp³-hybridized carbons (Fsp3) is 0.929. The molecule has 2 fully saturated rings. The minimum atomic E-state index is -3.30. The molecule has 0 bridgehead atoms. The molecule has 120 valence electrons. The van der Waals surface area contributed by atoms with Crippen LogP contribution in [0.25, 0.3) is 0 Å². The second-order valence-electron chi connectivity index (χ2n) is 5.84. The Balaban J connectivity index is 1.92. The van der Waals surface area contributed by atoms with Crippen LogP contribution in [-0.4, -0.2) is 67.2 Å². The molecule has 2 aliphatic heterocycles. The minimum Gasteiger partial charge on any atom is -0.285 e. The summed E-state index contributed by atoms with van der Waals surface area (Å²) in [5.41, 5.74) is 0. The first kappa shape index (κ1) is 16.7. The molecule has 0 aromatic rings. The number of hydrogen-bond acceptors (Lipinski definition) is 4. The average Bonchev–Trinajstić information content (AvgIpc) is 2.53. The topological polar surface area (TPSA) is 67.6 Å². The first-order valence-electron chi connectivity index (χ1n) is 7.98. The van der Waals surface area contributed by atoms with Gasteiger partial charge < -0.3 is 0 Å². The van der Waals surface area contributed by atoms with Gasteiger partial charge in [0, 0.05) is 39.3 Å². The number of piperidine rings is 1. The number of hydrogen-bond donors (Lipinski definition) is 0. The molecule has 1 atom stereocenters. The highest BCUT2D eigenvalue weighted by molar-refractivity contribution is 7.86. The zero-order chi connectivity index (χ0) is 15.3. The lowest BCUT2D eigenvalue weighted by molar-refractivity contribution is 0.150. The number of rotatable bonds is 5. The van der Waals surface area contributed by atoms with E-state index in [-0.39, 0.29) is 6.04 Å². The van der Waals surface area contributed by atoms with E-state index in [0.717, 1.165) is 32.1 Å². The van der Waals surface area contributed by atoms with Crippen molar-refractivity contribution in [3.05, 3.63) is 0 Å². The Labute approximate surface area is 128 Å². The Morgan fingerprint density at radius 3 is 2.10 bits per heavy atom. The van der Waals surface area contributed by atoms with Crippen molar-refractivity contribution in [3.63, 3.8) is 0 Å². The van der Waals surface area contributed by atoms with E-state index in [0.29, 0.717) is 39.3 Å². The molecule has 0 N–H and O–H groups in total. The fourth-order valence-corrected chi connectivity index (χ4v) is 4.78. The smallest absolute Gasteiger partial charge is 0.282 e. The van der Waals surface area contributed by atoms with Crippen LogP contribution in [0.4, 0.5) is 0 Å². The van der Waals surface area contributed by atoms with Crippen LogP contribution in [0.1, 0.15) is 39.0 Å². The van der Waals surface area contributed by atoms with Crippen molar-refractivity contribution in [3.8, 4) is 6.07 Å². The van der Waals surface area contributed by atoms with E-state index in [4.69, 9.17) is 0 Å². The first-order valence-corrected chi connectivity index (χ1v) is 9.38. The van der Waals surface area contributed by atoms with Gasteiger partial charge in [0.25, 0.3) is 10.2 Å². The van der Waals surface area contributed by atoms with Crippen molar-refractivity contribution in [2.24, 2.45) is 0 Å². The summed E-state index contributed by atoms with van der Waals surface area (Å²) in [6, 6.07) is 2.26. The molecule has 21 heavy (non-hydrogen) atoms. The summed E-state index contributed by atoms with van der Waals surface area (Å²) in [7, 11) is -3.30. The van der Waals surface area contributed by atoms with Crippen LogP contribution in [0.5, 0.6) is 0 Å². The molecule has 0 saturated carbocycles. The summed E-state index contributed by atoms with van der Waals surface area (Å²) in [5.74, 6) is 0. The van der Waals surface area contributed by atoms with Crippen LogP contribution in [0.2, 0.25) is 0 Å². The van der Waals surface area contributed by atoms with Gasteiger partial charge in [-0.3, -0.25) is 4.90 Å². The van der Waals surface area contributed by atoms with Gasteiger partial charge in [-0.25, -0.2) is 0 Å². The van der Waals surface area contributed by atoms with Gasteiger partial charge in [0.2, 0.25) is 0 Å². The molecule has 0 aromatic carbocycles. The highest BCUT2D eigenvalue weighted by atomic mass is 32.2. The Morgan fingerprint density at radius 2 is 1.57 bits per heavy atom. The Morgan fingerprint density at radius 1 is 1.00 bits per heavy atom. The third-order valence-corrected chi connectivity index (χ3v) is 6.43. The zero-order valence-corrected chi connectivity index (χ0v) is 13.7. The Kier molecular flexibility index (Phi) is 5.99. The lowest BCUT2D eigenvalue weighted by Gasteiger charge is -2.39. The molecule has 0 spiro atoms. The van der Waals surface area contributed by atoms with E-state index in [1.807, 2.05) is 0 Å². The molecule has 2 aliphatic rings. The van der Waals surface area contributed by atoms with Gasteiger partial charge in [-0.2, -0.15) is 22.3 Å².